The number of amides is 2. The fourth-order valence-corrected chi connectivity index (χ4v) is 4.77. The highest BCUT2D eigenvalue weighted by atomic mass is 32.1. The summed E-state index contributed by atoms with van der Waals surface area (Å²) < 4.78 is 11.6. The normalized spacial score (nSPS) is 10.7. The summed E-state index contributed by atoms with van der Waals surface area (Å²) in [6.07, 6.45) is 2.01. The molecule has 0 saturated heterocycles. The van der Waals surface area contributed by atoms with Crippen molar-refractivity contribution in [3.05, 3.63) is 81.2 Å². The van der Waals surface area contributed by atoms with Crippen LogP contribution in [-0.2, 0) is 16.1 Å². The van der Waals surface area contributed by atoms with Crippen molar-refractivity contribution in [3.63, 3.8) is 0 Å². The van der Waals surface area contributed by atoms with Crippen LogP contribution in [0.3, 0.4) is 0 Å². The summed E-state index contributed by atoms with van der Waals surface area (Å²) in [6.45, 7) is 3.64. The molecule has 4 rings (SSSR count). The molecular weight excluding hydrogens is 508 g/mol. The molecule has 2 N–H and O–H groups in total. The highest BCUT2D eigenvalue weighted by molar-refractivity contribution is 7.20. The number of ether oxygens (including phenoxy) is 2. The maximum Gasteiger partial charge on any atom is 0.338 e. The smallest absolute Gasteiger partial charge is 0.338 e. The van der Waals surface area contributed by atoms with E-state index in [0.29, 0.717) is 44.6 Å². The molecule has 2 aromatic heterocycles. The van der Waals surface area contributed by atoms with Crippen LogP contribution in [0.5, 0.6) is 5.75 Å². The molecule has 0 aliphatic rings. The highest BCUT2D eigenvalue weighted by Crippen LogP contribution is 2.29. The molecule has 0 aliphatic heterocycles. The average molecular weight is 535 g/mol. The number of carbonyl (C=O) groups excluding carboxylic acids is 3. The van der Waals surface area contributed by atoms with E-state index in [-0.39, 0.29) is 17.8 Å². The van der Waals surface area contributed by atoms with Crippen molar-refractivity contribution in [2.75, 3.05) is 24.4 Å². The molecule has 0 atom stereocenters. The van der Waals surface area contributed by atoms with Gasteiger partial charge in [-0.15, -0.1) is 11.3 Å². The summed E-state index contributed by atoms with van der Waals surface area (Å²) in [7, 11) is 1.51. The van der Waals surface area contributed by atoms with Gasteiger partial charge in [0.15, 0.2) is 0 Å². The first kappa shape index (κ1) is 26.6. The zero-order chi connectivity index (χ0) is 27.2. The number of aryl methyl sites for hydroxylation is 1. The molecule has 196 valence electrons. The SMILES string of the molecule is CCCOC(=O)c1ccc(NC(=O)Cn2cnc3sc(C(=O)Nc4ccccc4OC)c(C)c3c2=O)cc1. The van der Waals surface area contributed by atoms with Gasteiger partial charge in [0.05, 0.1) is 41.6 Å². The third kappa shape index (κ3) is 5.73. The van der Waals surface area contributed by atoms with Gasteiger partial charge in [0.25, 0.3) is 11.5 Å². The van der Waals surface area contributed by atoms with Crippen molar-refractivity contribution in [1.82, 2.24) is 9.55 Å². The zero-order valence-corrected chi connectivity index (χ0v) is 21.9. The van der Waals surface area contributed by atoms with Gasteiger partial charge in [0.1, 0.15) is 17.1 Å². The summed E-state index contributed by atoms with van der Waals surface area (Å²) in [5, 5.41) is 5.79. The van der Waals surface area contributed by atoms with Crippen LogP contribution in [0.25, 0.3) is 10.2 Å². The monoisotopic (exact) mass is 534 g/mol. The summed E-state index contributed by atoms with van der Waals surface area (Å²) in [5.74, 6) is -0.757. The van der Waals surface area contributed by atoms with E-state index < -0.39 is 17.4 Å². The Balaban J connectivity index is 1.49. The predicted octanol–water partition coefficient (Wildman–Crippen LogP) is 4.23. The third-order valence-electron chi connectivity index (χ3n) is 5.63. The maximum absolute atomic E-state index is 13.2. The quantitative estimate of drug-likeness (QED) is 0.308. The van der Waals surface area contributed by atoms with Crippen LogP contribution in [0.1, 0.15) is 38.9 Å². The molecule has 0 aliphatic carbocycles. The number of benzene rings is 2. The molecule has 0 saturated carbocycles. The Morgan fingerprint density at radius 2 is 1.79 bits per heavy atom. The first-order valence-electron chi connectivity index (χ1n) is 11.8. The van der Waals surface area contributed by atoms with E-state index in [4.69, 9.17) is 9.47 Å². The largest absolute Gasteiger partial charge is 0.495 e. The van der Waals surface area contributed by atoms with E-state index in [1.54, 1.807) is 55.5 Å². The van der Waals surface area contributed by atoms with E-state index in [0.717, 1.165) is 17.8 Å². The minimum absolute atomic E-state index is 0.278. The maximum atomic E-state index is 13.2. The lowest BCUT2D eigenvalue weighted by Crippen LogP contribution is -2.28. The molecule has 10 nitrogen and oxygen atoms in total. The Labute approximate surface area is 222 Å². The van der Waals surface area contributed by atoms with E-state index in [1.807, 2.05) is 6.92 Å². The van der Waals surface area contributed by atoms with Crippen molar-refractivity contribution in [2.45, 2.75) is 26.8 Å². The lowest BCUT2D eigenvalue weighted by molar-refractivity contribution is -0.116. The molecule has 0 fully saturated rings. The van der Waals surface area contributed by atoms with Gasteiger partial charge in [-0.1, -0.05) is 19.1 Å². The molecule has 0 spiro atoms. The van der Waals surface area contributed by atoms with Gasteiger partial charge >= 0.3 is 5.97 Å². The molecule has 0 radical (unpaired) electrons. The molecule has 2 heterocycles. The first-order valence-corrected chi connectivity index (χ1v) is 12.6. The molecule has 0 unspecified atom stereocenters. The second-order valence-electron chi connectivity index (χ2n) is 8.33. The fourth-order valence-electron chi connectivity index (χ4n) is 3.74. The number of para-hydroxylation sites is 2. The number of aromatic nitrogens is 2. The molecular formula is C27H26N4O6S. The first-order chi connectivity index (χ1) is 18.3. The molecule has 4 aromatic rings. The summed E-state index contributed by atoms with van der Waals surface area (Å²) in [5.41, 5.74) is 1.40. The van der Waals surface area contributed by atoms with Crippen molar-refractivity contribution < 1.29 is 23.9 Å². The van der Waals surface area contributed by atoms with Crippen molar-refractivity contribution in [2.24, 2.45) is 0 Å². The van der Waals surface area contributed by atoms with Crippen molar-refractivity contribution in [1.29, 1.82) is 0 Å². The van der Waals surface area contributed by atoms with Crippen LogP contribution < -0.4 is 20.9 Å². The van der Waals surface area contributed by atoms with Crippen molar-refractivity contribution in [3.8, 4) is 5.75 Å². The number of carbonyl (C=O) groups is 3. The molecule has 2 aromatic carbocycles. The Morgan fingerprint density at radius 1 is 1.05 bits per heavy atom. The van der Waals surface area contributed by atoms with Gasteiger partial charge in [-0.05, 0) is 55.3 Å². The number of hydrogen-bond acceptors (Lipinski definition) is 8. The van der Waals surface area contributed by atoms with E-state index >= 15 is 0 Å². The van der Waals surface area contributed by atoms with E-state index in [9.17, 15) is 19.2 Å². The average Bonchev–Trinajstić information content (AvgIpc) is 3.26. The number of fused-ring (bicyclic) bond motifs is 1. The number of esters is 1. The van der Waals surface area contributed by atoms with E-state index in [2.05, 4.69) is 15.6 Å². The molecule has 38 heavy (non-hydrogen) atoms. The van der Waals surface area contributed by atoms with Gasteiger partial charge in [-0.25, -0.2) is 9.78 Å². The molecule has 0 bridgehead atoms. The van der Waals surface area contributed by atoms with Gasteiger partial charge in [0, 0.05) is 5.69 Å². The summed E-state index contributed by atoms with van der Waals surface area (Å²) in [6, 6.07) is 13.3. The second kappa shape index (κ2) is 11.7. The topological polar surface area (TPSA) is 129 Å². The minimum Gasteiger partial charge on any atom is -0.495 e. The number of rotatable bonds is 9. The highest BCUT2D eigenvalue weighted by Gasteiger charge is 2.21. The number of hydrogen-bond donors (Lipinski definition) is 2. The summed E-state index contributed by atoms with van der Waals surface area (Å²) in [4.78, 5) is 55.8. The van der Waals surface area contributed by atoms with Gasteiger partial charge in [0.2, 0.25) is 5.91 Å². The zero-order valence-electron chi connectivity index (χ0n) is 21.1. The number of methoxy groups -OCH3 is 1. The fraction of sp³-hybridized carbons (Fsp3) is 0.222. The number of nitrogens with one attached hydrogen (secondary N) is 2. The van der Waals surface area contributed by atoms with Crippen molar-refractivity contribution >= 4 is 50.7 Å². The van der Waals surface area contributed by atoms with Crippen LogP contribution in [0.2, 0.25) is 0 Å². The van der Waals surface area contributed by atoms with Gasteiger partial charge in [-0.2, -0.15) is 0 Å². The van der Waals surface area contributed by atoms with Crippen LogP contribution >= 0.6 is 11.3 Å². The van der Waals surface area contributed by atoms with Crippen LogP contribution in [0.15, 0.2) is 59.7 Å². The van der Waals surface area contributed by atoms with Crippen LogP contribution in [0.4, 0.5) is 11.4 Å². The summed E-state index contributed by atoms with van der Waals surface area (Å²) >= 11 is 1.10. The predicted molar refractivity (Wildman–Crippen MR) is 145 cm³/mol. The number of nitrogens with zero attached hydrogens (tertiary/aromatic N) is 2. The van der Waals surface area contributed by atoms with Crippen LogP contribution in [0, 0.1) is 6.92 Å². The Bertz CT molecular complexity index is 1560. The second-order valence-corrected chi connectivity index (χ2v) is 9.33. The van der Waals surface area contributed by atoms with E-state index in [1.165, 1.54) is 18.0 Å². The number of thiophene rings is 1. The van der Waals surface area contributed by atoms with Gasteiger partial charge < -0.3 is 20.1 Å². The van der Waals surface area contributed by atoms with Gasteiger partial charge in [-0.3, -0.25) is 19.0 Å². The Kier molecular flexibility index (Phi) is 8.17. The third-order valence-corrected chi connectivity index (χ3v) is 6.83. The lowest BCUT2D eigenvalue weighted by atomic mass is 10.2. The minimum atomic E-state index is -0.448. The molecule has 11 heteroatoms. The Hall–Kier alpha value is -4.51. The molecule has 2 amide bonds. The van der Waals surface area contributed by atoms with Crippen LogP contribution in [-0.4, -0.2) is 41.1 Å². The standard InChI is InChI=1S/C27H26N4O6S/c1-4-13-37-27(35)17-9-11-18(12-10-17)29-21(32)14-31-15-28-25-22(26(31)34)16(2)23(38-25)24(33)30-19-7-5-6-8-20(19)36-3/h5-12,15H,4,13-14H2,1-3H3,(H,29,32)(H,30,33). The Morgan fingerprint density at radius 3 is 2.50 bits per heavy atom. The lowest BCUT2D eigenvalue weighted by Gasteiger charge is -2.09. The number of anilines is 2.